The second-order valence-corrected chi connectivity index (χ2v) is 7.31. The molecule has 3 rings (SSSR count). The van der Waals surface area contributed by atoms with E-state index < -0.39 is 5.91 Å². The average molecular weight is 403 g/mol. The van der Waals surface area contributed by atoms with Crippen molar-refractivity contribution in [2.24, 2.45) is 4.99 Å². The number of rotatable bonds is 3. The molecule has 0 unspecified atom stereocenters. The standard InChI is InChI=1S/C19H12Cl2N2O2S/c1-3-8-23-17-15(21)9-14(20)10-16(17)26-19(23)22-18(25)13-6-4-12(5-7-13)11(2)24/h1,4-7,9-10H,8H2,2H3. The van der Waals surface area contributed by atoms with E-state index in [1.807, 2.05) is 0 Å². The molecule has 0 atom stereocenters. The summed E-state index contributed by atoms with van der Waals surface area (Å²) in [7, 11) is 0. The summed E-state index contributed by atoms with van der Waals surface area (Å²) >= 11 is 13.6. The van der Waals surface area contributed by atoms with E-state index in [0.29, 0.717) is 31.5 Å². The van der Waals surface area contributed by atoms with Crippen molar-refractivity contribution < 1.29 is 9.59 Å². The van der Waals surface area contributed by atoms with Gasteiger partial charge in [-0.2, -0.15) is 4.99 Å². The fraction of sp³-hybridized carbons (Fsp3) is 0.105. The maximum atomic E-state index is 12.5. The third-order valence-corrected chi connectivity index (χ3v) is 5.21. The number of nitrogens with zero attached hydrogens (tertiary/aromatic N) is 2. The SMILES string of the molecule is C#CCn1c(=NC(=O)c2ccc(C(C)=O)cc2)sc2cc(Cl)cc(Cl)c21. The van der Waals surface area contributed by atoms with Crippen LogP contribution < -0.4 is 4.80 Å². The van der Waals surface area contributed by atoms with Crippen LogP contribution in [0.25, 0.3) is 10.2 Å². The van der Waals surface area contributed by atoms with Crippen LogP contribution in [0.2, 0.25) is 10.0 Å². The molecule has 1 heterocycles. The first-order valence-corrected chi connectivity index (χ1v) is 9.10. The Morgan fingerprint density at radius 3 is 2.46 bits per heavy atom. The molecule has 0 radical (unpaired) electrons. The number of aromatic nitrogens is 1. The summed E-state index contributed by atoms with van der Waals surface area (Å²) in [6.45, 7) is 1.69. The highest BCUT2D eigenvalue weighted by atomic mass is 35.5. The third-order valence-electron chi connectivity index (χ3n) is 3.68. The van der Waals surface area contributed by atoms with Gasteiger partial charge in [-0.05, 0) is 31.2 Å². The molecule has 0 saturated carbocycles. The van der Waals surface area contributed by atoms with Crippen molar-refractivity contribution in [1.29, 1.82) is 0 Å². The maximum Gasteiger partial charge on any atom is 0.279 e. The minimum atomic E-state index is -0.431. The van der Waals surface area contributed by atoms with Crippen LogP contribution in [0.4, 0.5) is 0 Å². The summed E-state index contributed by atoms with van der Waals surface area (Å²) in [5.41, 5.74) is 1.61. The normalized spacial score (nSPS) is 11.5. The molecule has 0 aliphatic heterocycles. The summed E-state index contributed by atoms with van der Waals surface area (Å²) in [5, 5.41) is 0.938. The zero-order chi connectivity index (χ0) is 18.8. The quantitative estimate of drug-likeness (QED) is 0.475. The van der Waals surface area contributed by atoms with Crippen LogP contribution in [0, 0.1) is 12.3 Å². The molecule has 0 fully saturated rings. The van der Waals surface area contributed by atoms with E-state index in [4.69, 9.17) is 29.6 Å². The molecule has 0 bridgehead atoms. The van der Waals surface area contributed by atoms with Crippen LogP contribution in [-0.4, -0.2) is 16.3 Å². The van der Waals surface area contributed by atoms with Crippen molar-refractivity contribution in [2.75, 3.05) is 0 Å². The van der Waals surface area contributed by atoms with E-state index in [-0.39, 0.29) is 12.3 Å². The number of ketones is 1. The van der Waals surface area contributed by atoms with Gasteiger partial charge in [-0.15, -0.1) is 6.42 Å². The molecule has 0 saturated heterocycles. The molecule has 0 aliphatic rings. The number of carbonyl (C=O) groups is 2. The molecule has 26 heavy (non-hydrogen) atoms. The van der Waals surface area contributed by atoms with Crippen LogP contribution in [0.5, 0.6) is 0 Å². The van der Waals surface area contributed by atoms with Gasteiger partial charge in [0.15, 0.2) is 10.6 Å². The van der Waals surface area contributed by atoms with Gasteiger partial charge in [0, 0.05) is 16.1 Å². The van der Waals surface area contributed by atoms with Crippen LogP contribution >= 0.6 is 34.5 Å². The first kappa shape index (κ1) is 18.4. The van der Waals surface area contributed by atoms with Crippen molar-refractivity contribution in [3.63, 3.8) is 0 Å². The minimum absolute atomic E-state index is 0.0659. The second kappa shape index (κ2) is 7.46. The summed E-state index contributed by atoms with van der Waals surface area (Å²) in [6.07, 6.45) is 5.45. The molecule has 1 amide bonds. The predicted molar refractivity (Wildman–Crippen MR) is 105 cm³/mol. The molecule has 0 aliphatic carbocycles. The van der Waals surface area contributed by atoms with Gasteiger partial charge in [-0.1, -0.05) is 52.6 Å². The lowest BCUT2D eigenvalue weighted by atomic mass is 10.1. The summed E-state index contributed by atoms with van der Waals surface area (Å²) in [4.78, 5) is 28.5. The molecular weight excluding hydrogens is 391 g/mol. The van der Waals surface area contributed by atoms with Gasteiger partial charge < -0.3 is 4.57 Å². The number of terminal acetylenes is 1. The number of benzene rings is 2. The highest BCUT2D eigenvalue weighted by Gasteiger charge is 2.13. The Labute approximate surface area is 163 Å². The lowest BCUT2D eigenvalue weighted by Gasteiger charge is -2.02. The van der Waals surface area contributed by atoms with Gasteiger partial charge in [-0.3, -0.25) is 9.59 Å². The van der Waals surface area contributed by atoms with Crippen LogP contribution in [0.3, 0.4) is 0 Å². The summed E-state index contributed by atoms with van der Waals surface area (Å²) in [5.74, 6) is 2.05. The van der Waals surface area contributed by atoms with Crippen molar-refractivity contribution >= 4 is 56.4 Å². The first-order valence-electron chi connectivity index (χ1n) is 7.52. The number of amides is 1. The zero-order valence-electron chi connectivity index (χ0n) is 13.6. The first-order chi connectivity index (χ1) is 12.4. The molecular formula is C19H12Cl2N2O2S. The Morgan fingerprint density at radius 2 is 1.85 bits per heavy atom. The van der Waals surface area contributed by atoms with E-state index >= 15 is 0 Å². The molecule has 1 aromatic heterocycles. The van der Waals surface area contributed by atoms with Crippen LogP contribution in [0.15, 0.2) is 41.4 Å². The second-order valence-electron chi connectivity index (χ2n) is 5.46. The van der Waals surface area contributed by atoms with E-state index in [1.54, 1.807) is 41.0 Å². The summed E-state index contributed by atoms with van der Waals surface area (Å²) in [6, 6.07) is 9.73. The van der Waals surface area contributed by atoms with Crippen LogP contribution in [0.1, 0.15) is 27.6 Å². The van der Waals surface area contributed by atoms with Crippen molar-refractivity contribution in [2.45, 2.75) is 13.5 Å². The number of Topliss-reactive ketones (excluding diaryl/α,β-unsaturated/α-hetero) is 1. The summed E-state index contributed by atoms with van der Waals surface area (Å²) < 4.78 is 2.50. The highest BCUT2D eigenvalue weighted by molar-refractivity contribution is 7.16. The predicted octanol–water partition coefficient (Wildman–Crippen LogP) is 4.59. The Hall–Kier alpha value is -2.39. The van der Waals surface area contributed by atoms with Gasteiger partial charge in [0.2, 0.25) is 0 Å². The number of carbonyl (C=O) groups excluding carboxylic acids is 2. The molecule has 0 N–H and O–H groups in total. The Bertz CT molecular complexity index is 1140. The number of hydrogen-bond acceptors (Lipinski definition) is 3. The minimum Gasteiger partial charge on any atom is -0.303 e. The van der Waals surface area contributed by atoms with Gasteiger partial charge >= 0.3 is 0 Å². The van der Waals surface area contributed by atoms with Crippen molar-refractivity contribution in [1.82, 2.24) is 4.57 Å². The fourth-order valence-corrected chi connectivity index (χ4v) is 4.26. The van der Waals surface area contributed by atoms with E-state index in [2.05, 4.69) is 10.9 Å². The van der Waals surface area contributed by atoms with E-state index in [1.165, 1.54) is 18.3 Å². The lowest BCUT2D eigenvalue weighted by Crippen LogP contribution is -2.16. The van der Waals surface area contributed by atoms with Gasteiger partial charge in [0.25, 0.3) is 5.91 Å². The molecule has 3 aromatic rings. The smallest absolute Gasteiger partial charge is 0.279 e. The molecule has 4 nitrogen and oxygen atoms in total. The molecule has 130 valence electrons. The Balaban J connectivity index is 2.12. The fourth-order valence-electron chi connectivity index (χ4n) is 2.45. The number of halogens is 2. The zero-order valence-corrected chi connectivity index (χ0v) is 16.0. The van der Waals surface area contributed by atoms with Crippen LogP contribution in [-0.2, 0) is 6.54 Å². The monoisotopic (exact) mass is 402 g/mol. The third kappa shape index (κ3) is 3.58. The van der Waals surface area contributed by atoms with Gasteiger partial charge in [0.1, 0.15) is 0 Å². The highest BCUT2D eigenvalue weighted by Crippen LogP contribution is 2.29. The molecule has 0 spiro atoms. The largest absolute Gasteiger partial charge is 0.303 e. The van der Waals surface area contributed by atoms with Gasteiger partial charge in [0.05, 0.1) is 21.8 Å². The molecule has 2 aromatic carbocycles. The number of hydrogen-bond donors (Lipinski definition) is 0. The maximum absolute atomic E-state index is 12.5. The van der Waals surface area contributed by atoms with Crippen molar-refractivity contribution in [3.05, 3.63) is 62.4 Å². The average Bonchev–Trinajstić information content (AvgIpc) is 2.92. The number of thiazole rings is 1. The Kier molecular flexibility index (Phi) is 5.28. The number of fused-ring (bicyclic) bond motifs is 1. The van der Waals surface area contributed by atoms with Crippen molar-refractivity contribution in [3.8, 4) is 12.3 Å². The lowest BCUT2D eigenvalue weighted by molar-refractivity contribution is 0.0991. The van der Waals surface area contributed by atoms with E-state index in [0.717, 1.165) is 4.70 Å². The topological polar surface area (TPSA) is 51.4 Å². The van der Waals surface area contributed by atoms with E-state index in [9.17, 15) is 9.59 Å². The van der Waals surface area contributed by atoms with Gasteiger partial charge in [-0.25, -0.2) is 0 Å². The molecule has 7 heteroatoms. The Morgan fingerprint density at radius 1 is 1.19 bits per heavy atom.